The molecule has 4 heterocycles. The number of ether oxygens (including phenoxy) is 1. The van der Waals surface area contributed by atoms with E-state index in [1.807, 2.05) is 49.9 Å². The molecule has 1 N–H and O–H groups in total. The molecule has 4 rings (SSSR count). The van der Waals surface area contributed by atoms with Gasteiger partial charge in [0, 0.05) is 31.5 Å². The van der Waals surface area contributed by atoms with E-state index in [-0.39, 0.29) is 5.92 Å². The Morgan fingerprint density at radius 1 is 1.27 bits per heavy atom. The highest BCUT2D eigenvalue weighted by Crippen LogP contribution is 2.33. The van der Waals surface area contributed by atoms with Crippen LogP contribution in [0.25, 0.3) is 16.8 Å². The van der Waals surface area contributed by atoms with E-state index in [4.69, 9.17) is 14.8 Å². The van der Waals surface area contributed by atoms with Crippen molar-refractivity contribution in [2.24, 2.45) is 7.05 Å². The molecular weight excluding hydrogens is 378 g/mol. The van der Waals surface area contributed by atoms with Crippen molar-refractivity contribution in [1.29, 1.82) is 0 Å². The molecule has 8 nitrogen and oxygen atoms in total. The molecule has 30 heavy (non-hydrogen) atoms. The lowest BCUT2D eigenvalue weighted by Crippen LogP contribution is -2.06. The van der Waals surface area contributed by atoms with Gasteiger partial charge in [-0.3, -0.25) is 4.68 Å². The number of aromatic nitrogens is 6. The summed E-state index contributed by atoms with van der Waals surface area (Å²) >= 11 is 0. The molecule has 4 aromatic heterocycles. The van der Waals surface area contributed by atoms with Crippen molar-refractivity contribution in [3.63, 3.8) is 0 Å². The highest BCUT2D eigenvalue weighted by atomic mass is 16.5. The number of nitrogens with zero attached hydrogens (tertiary/aromatic N) is 6. The van der Waals surface area contributed by atoms with Crippen LogP contribution in [0.1, 0.15) is 43.8 Å². The molecule has 0 radical (unpaired) electrons. The normalized spacial score (nSPS) is 11.4. The van der Waals surface area contributed by atoms with Gasteiger partial charge in [-0.15, -0.1) is 0 Å². The van der Waals surface area contributed by atoms with Gasteiger partial charge in [0.05, 0.1) is 35.4 Å². The molecule has 0 unspecified atom stereocenters. The number of aryl methyl sites for hydroxylation is 2. The molecule has 8 heteroatoms. The van der Waals surface area contributed by atoms with Gasteiger partial charge in [0.2, 0.25) is 5.88 Å². The van der Waals surface area contributed by atoms with Crippen LogP contribution in [0.15, 0.2) is 36.8 Å². The van der Waals surface area contributed by atoms with Crippen LogP contribution < -0.4 is 10.1 Å². The zero-order valence-corrected chi connectivity index (χ0v) is 18.0. The minimum Gasteiger partial charge on any atom is -0.477 e. The van der Waals surface area contributed by atoms with Gasteiger partial charge in [0.15, 0.2) is 0 Å². The predicted molar refractivity (Wildman–Crippen MR) is 117 cm³/mol. The maximum atomic E-state index is 5.74. The Bertz CT molecular complexity index is 1180. The highest BCUT2D eigenvalue weighted by Gasteiger charge is 2.19. The van der Waals surface area contributed by atoms with Crippen LogP contribution in [-0.4, -0.2) is 36.0 Å². The fraction of sp³-hybridized carbons (Fsp3) is 0.364. The van der Waals surface area contributed by atoms with E-state index in [2.05, 4.69) is 35.3 Å². The molecule has 0 aliphatic heterocycles. The van der Waals surface area contributed by atoms with Crippen LogP contribution in [0.4, 0.5) is 5.69 Å². The largest absolute Gasteiger partial charge is 0.477 e. The molecule has 156 valence electrons. The molecule has 0 atom stereocenters. The number of hydrogen-bond acceptors (Lipinski definition) is 6. The van der Waals surface area contributed by atoms with E-state index in [0.29, 0.717) is 19.0 Å². The van der Waals surface area contributed by atoms with Crippen LogP contribution in [-0.2, 0) is 13.6 Å². The number of nitrogens with one attached hydrogen (secondary N) is 1. The van der Waals surface area contributed by atoms with Gasteiger partial charge in [0.1, 0.15) is 11.3 Å². The second kappa shape index (κ2) is 8.14. The SMILES string of the molecule is CCOc1ncccc1-c1cc(NCc2cnn(C)c2)c2c(C(C)C)nc(C)n2n1. The summed E-state index contributed by atoms with van der Waals surface area (Å²) in [5.41, 5.74) is 5.73. The van der Waals surface area contributed by atoms with Gasteiger partial charge in [-0.25, -0.2) is 14.5 Å². The van der Waals surface area contributed by atoms with Crippen LogP contribution >= 0.6 is 0 Å². The monoisotopic (exact) mass is 405 g/mol. The van der Waals surface area contributed by atoms with E-state index in [0.717, 1.165) is 39.5 Å². The standard InChI is InChI=1S/C22H27N7O/c1-6-30-22-17(8-7-9-23-22)18-10-19(24-11-16-12-25-28(5)13-16)21-20(14(2)3)26-15(4)29(21)27-18/h7-10,12-14,24H,6,11H2,1-5H3. The Labute approximate surface area is 175 Å². The summed E-state index contributed by atoms with van der Waals surface area (Å²) < 4.78 is 9.46. The zero-order chi connectivity index (χ0) is 21.3. The molecule has 0 bridgehead atoms. The summed E-state index contributed by atoms with van der Waals surface area (Å²) in [5.74, 6) is 1.70. The first-order chi connectivity index (χ1) is 14.5. The van der Waals surface area contributed by atoms with Gasteiger partial charge in [-0.1, -0.05) is 13.8 Å². The maximum Gasteiger partial charge on any atom is 0.222 e. The minimum atomic E-state index is 0.276. The number of fused-ring (bicyclic) bond motifs is 1. The molecule has 0 aromatic carbocycles. The van der Waals surface area contributed by atoms with Crippen molar-refractivity contribution >= 4 is 11.2 Å². The van der Waals surface area contributed by atoms with Crippen molar-refractivity contribution in [1.82, 2.24) is 29.4 Å². The minimum absolute atomic E-state index is 0.276. The molecule has 0 saturated heterocycles. The average molecular weight is 406 g/mol. The second-order valence-corrected chi connectivity index (χ2v) is 7.57. The first-order valence-corrected chi connectivity index (χ1v) is 10.2. The van der Waals surface area contributed by atoms with E-state index >= 15 is 0 Å². The smallest absolute Gasteiger partial charge is 0.222 e. The molecule has 0 amide bonds. The fourth-order valence-electron chi connectivity index (χ4n) is 3.53. The summed E-state index contributed by atoms with van der Waals surface area (Å²) in [6, 6.07) is 5.93. The van der Waals surface area contributed by atoms with Crippen molar-refractivity contribution in [3.8, 4) is 17.1 Å². The van der Waals surface area contributed by atoms with Gasteiger partial charge >= 0.3 is 0 Å². The lowest BCUT2D eigenvalue weighted by atomic mass is 10.1. The number of hydrogen-bond donors (Lipinski definition) is 1. The average Bonchev–Trinajstić information content (AvgIpc) is 3.30. The van der Waals surface area contributed by atoms with Gasteiger partial charge in [-0.05, 0) is 38.0 Å². The first kappa shape index (κ1) is 19.9. The summed E-state index contributed by atoms with van der Waals surface area (Å²) in [4.78, 5) is 9.19. The summed E-state index contributed by atoms with van der Waals surface area (Å²) in [5, 5.41) is 12.7. The summed E-state index contributed by atoms with van der Waals surface area (Å²) in [6.45, 7) is 9.42. The molecule has 0 spiro atoms. The number of anilines is 1. The fourth-order valence-corrected chi connectivity index (χ4v) is 3.53. The Morgan fingerprint density at radius 3 is 2.80 bits per heavy atom. The van der Waals surface area contributed by atoms with E-state index in [1.165, 1.54) is 0 Å². The zero-order valence-electron chi connectivity index (χ0n) is 18.0. The third-order valence-corrected chi connectivity index (χ3v) is 4.90. The number of imidazole rings is 1. The topological polar surface area (TPSA) is 82.2 Å². The lowest BCUT2D eigenvalue weighted by Gasteiger charge is -2.14. The van der Waals surface area contributed by atoms with Gasteiger partial charge in [-0.2, -0.15) is 10.2 Å². The third kappa shape index (κ3) is 3.72. The van der Waals surface area contributed by atoms with Gasteiger partial charge < -0.3 is 10.1 Å². The number of rotatable bonds is 7. The predicted octanol–water partition coefficient (Wildman–Crippen LogP) is 3.97. The Balaban J connectivity index is 1.86. The van der Waals surface area contributed by atoms with Crippen LogP contribution in [0.3, 0.4) is 0 Å². The molecule has 0 aliphatic carbocycles. The lowest BCUT2D eigenvalue weighted by molar-refractivity contribution is 0.328. The van der Waals surface area contributed by atoms with Crippen LogP contribution in [0.2, 0.25) is 0 Å². The molecule has 0 saturated carbocycles. The van der Waals surface area contributed by atoms with Gasteiger partial charge in [0.25, 0.3) is 0 Å². The number of pyridine rings is 1. The van der Waals surface area contributed by atoms with E-state index in [1.54, 1.807) is 10.9 Å². The third-order valence-electron chi connectivity index (χ3n) is 4.90. The Morgan fingerprint density at radius 2 is 2.10 bits per heavy atom. The quantitative estimate of drug-likeness (QED) is 0.501. The second-order valence-electron chi connectivity index (χ2n) is 7.57. The van der Waals surface area contributed by atoms with Crippen LogP contribution in [0.5, 0.6) is 5.88 Å². The molecule has 0 aliphatic rings. The van der Waals surface area contributed by atoms with E-state index < -0.39 is 0 Å². The summed E-state index contributed by atoms with van der Waals surface area (Å²) in [7, 11) is 1.92. The Hall–Kier alpha value is -3.42. The van der Waals surface area contributed by atoms with Crippen molar-refractivity contribution < 1.29 is 4.74 Å². The van der Waals surface area contributed by atoms with Crippen molar-refractivity contribution in [3.05, 3.63) is 53.9 Å². The Kier molecular flexibility index (Phi) is 5.39. The van der Waals surface area contributed by atoms with Crippen LogP contribution in [0, 0.1) is 6.92 Å². The maximum absolute atomic E-state index is 5.74. The van der Waals surface area contributed by atoms with E-state index in [9.17, 15) is 0 Å². The molecule has 4 aromatic rings. The first-order valence-electron chi connectivity index (χ1n) is 10.2. The molecular formula is C22H27N7O. The van der Waals surface area contributed by atoms with Crippen molar-refractivity contribution in [2.45, 2.75) is 40.2 Å². The highest BCUT2D eigenvalue weighted by molar-refractivity contribution is 5.80. The summed E-state index contributed by atoms with van der Waals surface area (Å²) in [6.07, 6.45) is 5.60. The van der Waals surface area contributed by atoms with Crippen molar-refractivity contribution in [2.75, 3.05) is 11.9 Å². The molecule has 0 fully saturated rings.